The summed E-state index contributed by atoms with van der Waals surface area (Å²) in [4.78, 5) is 3.84. The van der Waals surface area contributed by atoms with Crippen LogP contribution in [0, 0.1) is 12.7 Å². The fourth-order valence-corrected chi connectivity index (χ4v) is 1.62. The van der Waals surface area contributed by atoms with Crippen LogP contribution in [0.2, 0.25) is 0 Å². The van der Waals surface area contributed by atoms with Gasteiger partial charge in [-0.15, -0.1) is 0 Å². The highest BCUT2D eigenvalue weighted by molar-refractivity contribution is 5.87. The minimum atomic E-state index is -4.56. The van der Waals surface area contributed by atoms with E-state index in [1.807, 2.05) is 13.8 Å². The number of alkyl halides is 3. The number of halogens is 4. The number of pyridine rings is 1. The van der Waals surface area contributed by atoms with E-state index < -0.39 is 17.6 Å². The number of hydrogen-bond acceptors (Lipinski definition) is 1. The summed E-state index contributed by atoms with van der Waals surface area (Å²) in [6.45, 7) is 5.54. The Hall–Kier alpha value is -1.65. The van der Waals surface area contributed by atoms with Gasteiger partial charge in [0, 0.05) is 17.3 Å². The Bertz CT molecular complexity index is 546. The van der Waals surface area contributed by atoms with Gasteiger partial charge in [-0.3, -0.25) is 4.98 Å². The zero-order chi connectivity index (χ0) is 13.9. The van der Waals surface area contributed by atoms with Crippen molar-refractivity contribution < 1.29 is 17.6 Å². The van der Waals surface area contributed by atoms with E-state index in [1.54, 1.807) is 6.92 Å². The van der Waals surface area contributed by atoms with Gasteiger partial charge in [-0.1, -0.05) is 13.8 Å². The maximum atomic E-state index is 13.1. The van der Waals surface area contributed by atoms with Crippen molar-refractivity contribution in [3.8, 4) is 0 Å². The molecule has 0 spiro atoms. The van der Waals surface area contributed by atoms with E-state index in [0.717, 1.165) is 6.07 Å². The van der Waals surface area contributed by atoms with Crippen LogP contribution < -0.4 is 0 Å². The minimum Gasteiger partial charge on any atom is -0.261 e. The van der Waals surface area contributed by atoms with Crippen molar-refractivity contribution in [3.63, 3.8) is 0 Å². The molecule has 0 saturated heterocycles. The highest BCUT2D eigenvalue weighted by atomic mass is 19.4. The topological polar surface area (TPSA) is 12.9 Å². The van der Waals surface area contributed by atoms with Crippen LogP contribution in [0.4, 0.5) is 17.6 Å². The number of fused-ring (bicyclic) bond motifs is 1. The van der Waals surface area contributed by atoms with E-state index in [0.29, 0.717) is 11.8 Å². The maximum absolute atomic E-state index is 13.1. The molecule has 0 bridgehead atoms. The van der Waals surface area contributed by atoms with Crippen molar-refractivity contribution >= 4 is 10.8 Å². The van der Waals surface area contributed by atoms with E-state index in [2.05, 4.69) is 4.98 Å². The van der Waals surface area contributed by atoms with Crippen LogP contribution in [0.5, 0.6) is 0 Å². The molecule has 2 aromatic rings. The van der Waals surface area contributed by atoms with E-state index >= 15 is 0 Å². The van der Waals surface area contributed by atoms with Gasteiger partial charge in [-0.25, -0.2) is 4.39 Å². The Kier molecular flexibility index (Phi) is 4.27. The second-order valence-electron chi connectivity index (χ2n) is 3.44. The Morgan fingerprint density at radius 2 is 1.67 bits per heavy atom. The van der Waals surface area contributed by atoms with Crippen LogP contribution in [0.25, 0.3) is 10.8 Å². The third kappa shape index (κ3) is 2.78. The highest BCUT2D eigenvalue weighted by Crippen LogP contribution is 2.35. The summed E-state index contributed by atoms with van der Waals surface area (Å²) in [7, 11) is 0. The lowest BCUT2D eigenvalue weighted by molar-refractivity contribution is -0.136. The van der Waals surface area contributed by atoms with Crippen molar-refractivity contribution in [2.24, 2.45) is 0 Å². The summed E-state index contributed by atoms with van der Waals surface area (Å²) in [6.07, 6.45) is -3.28. The van der Waals surface area contributed by atoms with Gasteiger partial charge in [0.15, 0.2) is 0 Å². The number of nitrogens with zero attached hydrogens (tertiary/aromatic N) is 1. The molecule has 0 amide bonds. The molecule has 0 unspecified atom stereocenters. The Morgan fingerprint density at radius 3 is 2.22 bits per heavy atom. The van der Waals surface area contributed by atoms with Crippen LogP contribution in [-0.4, -0.2) is 4.98 Å². The van der Waals surface area contributed by atoms with E-state index in [9.17, 15) is 17.6 Å². The van der Waals surface area contributed by atoms with Gasteiger partial charge in [0.25, 0.3) is 0 Å². The quantitative estimate of drug-likeness (QED) is 0.623. The molecule has 0 aliphatic rings. The van der Waals surface area contributed by atoms with E-state index in [4.69, 9.17) is 0 Å². The van der Waals surface area contributed by atoms with Gasteiger partial charge >= 0.3 is 6.18 Å². The van der Waals surface area contributed by atoms with Crippen molar-refractivity contribution in [2.45, 2.75) is 26.9 Å². The second kappa shape index (κ2) is 5.33. The lowest BCUT2D eigenvalue weighted by atomic mass is 10.0. The van der Waals surface area contributed by atoms with Crippen LogP contribution in [-0.2, 0) is 6.18 Å². The van der Waals surface area contributed by atoms with Gasteiger partial charge in [-0.05, 0) is 30.5 Å². The predicted octanol–water partition coefficient (Wildman–Crippen LogP) is 4.73. The summed E-state index contributed by atoms with van der Waals surface area (Å²) in [5.74, 6) is -0.907. The number of aromatic nitrogens is 1. The van der Waals surface area contributed by atoms with Crippen LogP contribution in [0.3, 0.4) is 0 Å². The van der Waals surface area contributed by atoms with Crippen LogP contribution in [0.15, 0.2) is 24.4 Å². The predicted molar refractivity (Wildman–Crippen MR) is 62.8 cm³/mol. The molecule has 5 heteroatoms. The molecular weight excluding hydrogens is 246 g/mol. The molecule has 18 heavy (non-hydrogen) atoms. The van der Waals surface area contributed by atoms with Gasteiger partial charge < -0.3 is 0 Å². The molecule has 0 fully saturated rings. The fourth-order valence-electron chi connectivity index (χ4n) is 1.62. The number of rotatable bonds is 0. The van der Waals surface area contributed by atoms with Crippen molar-refractivity contribution in [1.29, 1.82) is 0 Å². The minimum absolute atomic E-state index is 0.0265. The average Bonchev–Trinajstić information content (AvgIpc) is 2.31. The highest BCUT2D eigenvalue weighted by Gasteiger charge is 2.33. The Labute approximate surface area is 102 Å². The molecule has 1 nitrogen and oxygen atoms in total. The zero-order valence-electron chi connectivity index (χ0n) is 10.3. The molecule has 1 aromatic carbocycles. The van der Waals surface area contributed by atoms with Crippen LogP contribution >= 0.6 is 0 Å². The first-order valence-corrected chi connectivity index (χ1v) is 5.51. The molecule has 1 heterocycles. The van der Waals surface area contributed by atoms with E-state index in [1.165, 1.54) is 12.3 Å². The summed E-state index contributed by atoms with van der Waals surface area (Å²) < 4.78 is 51.0. The molecule has 98 valence electrons. The molecule has 1 aromatic heterocycles. The normalized spacial score (nSPS) is 11.1. The molecular formula is C13H13F4N. The largest absolute Gasteiger partial charge is 0.417 e. The fraction of sp³-hybridized carbons (Fsp3) is 0.308. The van der Waals surface area contributed by atoms with E-state index in [-0.39, 0.29) is 10.8 Å². The van der Waals surface area contributed by atoms with Crippen LogP contribution in [0.1, 0.15) is 25.1 Å². The number of aryl methyl sites for hydroxylation is 1. The molecule has 0 aliphatic heterocycles. The summed E-state index contributed by atoms with van der Waals surface area (Å²) in [5, 5.41) is 0.163. The summed E-state index contributed by atoms with van der Waals surface area (Å²) in [5.41, 5.74) is -0.587. The molecule has 0 aliphatic carbocycles. The van der Waals surface area contributed by atoms with Gasteiger partial charge in [0.2, 0.25) is 0 Å². The molecule has 2 rings (SSSR count). The third-order valence-corrected chi connectivity index (χ3v) is 2.35. The lowest BCUT2D eigenvalue weighted by Gasteiger charge is -2.11. The molecule has 0 saturated carbocycles. The monoisotopic (exact) mass is 259 g/mol. The van der Waals surface area contributed by atoms with Crippen molar-refractivity contribution in [2.75, 3.05) is 0 Å². The molecule has 0 N–H and O–H groups in total. The number of benzene rings is 1. The SMILES string of the molecule is CC.Cc1nccc2c(C(F)(F)F)cc(F)cc12. The first-order chi connectivity index (χ1) is 8.39. The van der Waals surface area contributed by atoms with Gasteiger partial charge in [0.1, 0.15) is 5.82 Å². The van der Waals surface area contributed by atoms with Crippen molar-refractivity contribution in [1.82, 2.24) is 4.98 Å². The molecule has 0 atom stereocenters. The number of hydrogen-bond donors (Lipinski definition) is 0. The first-order valence-electron chi connectivity index (χ1n) is 5.51. The standard InChI is InChI=1S/C11H7F4N.C2H6/c1-6-9-4-7(12)5-10(11(13,14)15)8(9)2-3-16-6;1-2/h2-5H,1H3;1-2H3. The molecule has 0 radical (unpaired) electrons. The van der Waals surface area contributed by atoms with Crippen molar-refractivity contribution in [3.05, 3.63) is 41.5 Å². The maximum Gasteiger partial charge on any atom is 0.417 e. The lowest BCUT2D eigenvalue weighted by Crippen LogP contribution is -2.07. The Balaban J connectivity index is 0.000000771. The summed E-state index contributed by atoms with van der Waals surface area (Å²) in [6, 6.07) is 2.80. The Morgan fingerprint density at radius 1 is 1.06 bits per heavy atom. The second-order valence-corrected chi connectivity index (χ2v) is 3.44. The third-order valence-electron chi connectivity index (χ3n) is 2.35. The first kappa shape index (κ1) is 14.4. The zero-order valence-corrected chi connectivity index (χ0v) is 10.3. The smallest absolute Gasteiger partial charge is 0.261 e. The average molecular weight is 259 g/mol. The van der Waals surface area contributed by atoms with Gasteiger partial charge in [-0.2, -0.15) is 13.2 Å². The summed E-state index contributed by atoms with van der Waals surface area (Å²) >= 11 is 0. The van der Waals surface area contributed by atoms with Gasteiger partial charge in [0.05, 0.1) is 5.56 Å².